The zero-order chi connectivity index (χ0) is 16.1. The summed E-state index contributed by atoms with van der Waals surface area (Å²) in [4.78, 5) is 11.7. The van der Waals surface area contributed by atoms with Crippen molar-refractivity contribution >= 4 is 33.2 Å². The average Bonchev–Trinajstić information content (AvgIpc) is 2.50. The molecule has 0 saturated carbocycles. The van der Waals surface area contributed by atoms with Crippen LogP contribution in [0, 0.1) is 17.5 Å². The first-order chi connectivity index (χ1) is 10.5. The van der Waals surface area contributed by atoms with Crippen molar-refractivity contribution in [3.63, 3.8) is 0 Å². The molecule has 0 unspecified atom stereocenters. The van der Waals surface area contributed by atoms with Crippen LogP contribution >= 0.6 is 15.9 Å². The third-order valence-corrected chi connectivity index (χ3v) is 3.36. The Kier molecular flexibility index (Phi) is 5.43. The summed E-state index contributed by atoms with van der Waals surface area (Å²) in [5.41, 5.74) is 0.447. The van der Waals surface area contributed by atoms with Crippen molar-refractivity contribution in [1.29, 1.82) is 0 Å². The lowest BCUT2D eigenvalue weighted by Crippen LogP contribution is -2.17. The molecule has 0 atom stereocenters. The Morgan fingerprint density at radius 3 is 2.36 bits per heavy atom. The highest BCUT2D eigenvalue weighted by Crippen LogP contribution is 2.19. The second-order valence-electron chi connectivity index (χ2n) is 4.45. The Balaban J connectivity index is 1.86. The minimum atomic E-state index is -1.61. The van der Waals surface area contributed by atoms with E-state index in [2.05, 4.69) is 26.6 Å². The minimum Gasteiger partial charge on any atom is -0.385 e. The van der Waals surface area contributed by atoms with E-state index in [0.29, 0.717) is 6.54 Å². The van der Waals surface area contributed by atoms with Gasteiger partial charge in [-0.05, 0) is 36.4 Å². The van der Waals surface area contributed by atoms with E-state index in [1.165, 1.54) is 0 Å². The predicted molar refractivity (Wildman–Crippen MR) is 82.2 cm³/mol. The van der Waals surface area contributed by atoms with Gasteiger partial charge in [0.2, 0.25) is 5.91 Å². The van der Waals surface area contributed by atoms with Crippen molar-refractivity contribution in [1.82, 2.24) is 0 Å². The molecule has 0 heterocycles. The van der Waals surface area contributed by atoms with Gasteiger partial charge in [0.15, 0.2) is 17.5 Å². The van der Waals surface area contributed by atoms with Crippen LogP contribution in [0.25, 0.3) is 0 Å². The van der Waals surface area contributed by atoms with Crippen LogP contribution in [0.5, 0.6) is 0 Å². The van der Waals surface area contributed by atoms with Gasteiger partial charge in [0, 0.05) is 23.1 Å². The fourth-order valence-corrected chi connectivity index (χ4v) is 1.99. The second-order valence-corrected chi connectivity index (χ2v) is 5.37. The topological polar surface area (TPSA) is 41.1 Å². The first-order valence-electron chi connectivity index (χ1n) is 6.40. The second kappa shape index (κ2) is 7.31. The molecule has 0 fully saturated rings. The number of amides is 1. The summed E-state index contributed by atoms with van der Waals surface area (Å²) in [5, 5.41) is 5.22. The molecular weight excluding hydrogens is 361 g/mol. The van der Waals surface area contributed by atoms with Gasteiger partial charge < -0.3 is 10.6 Å². The van der Waals surface area contributed by atoms with Gasteiger partial charge >= 0.3 is 0 Å². The molecule has 2 aromatic rings. The number of carbonyl (C=O) groups excluding carboxylic acids is 1. The molecule has 1 amide bonds. The number of hydrogen-bond acceptors (Lipinski definition) is 2. The molecule has 22 heavy (non-hydrogen) atoms. The quantitative estimate of drug-likeness (QED) is 0.768. The van der Waals surface area contributed by atoms with Crippen LogP contribution in [0.4, 0.5) is 24.5 Å². The van der Waals surface area contributed by atoms with E-state index in [0.717, 1.165) is 22.3 Å². The number of nitrogens with one attached hydrogen (secondary N) is 2. The SMILES string of the molecule is O=C(CCNc1ccc(Br)cc1)Nc1ccc(F)c(F)c1F. The van der Waals surface area contributed by atoms with Crippen LogP contribution in [-0.4, -0.2) is 12.5 Å². The van der Waals surface area contributed by atoms with E-state index in [9.17, 15) is 18.0 Å². The summed E-state index contributed by atoms with van der Waals surface area (Å²) in [7, 11) is 0. The zero-order valence-electron chi connectivity index (χ0n) is 11.3. The maximum atomic E-state index is 13.4. The third kappa shape index (κ3) is 4.24. The molecule has 7 heteroatoms. The molecule has 0 aliphatic carbocycles. The first kappa shape index (κ1) is 16.4. The molecule has 0 bridgehead atoms. The Labute approximate surface area is 133 Å². The molecule has 2 rings (SSSR count). The van der Waals surface area contributed by atoms with Crippen molar-refractivity contribution in [3.05, 3.63) is 58.3 Å². The van der Waals surface area contributed by atoms with E-state index in [1.807, 2.05) is 24.3 Å². The normalized spacial score (nSPS) is 10.4. The highest BCUT2D eigenvalue weighted by atomic mass is 79.9. The molecule has 116 valence electrons. The standard InChI is InChI=1S/C15H12BrF3N2O/c16-9-1-3-10(4-2-9)20-8-7-13(22)21-12-6-5-11(17)14(18)15(12)19/h1-6,20H,7-8H2,(H,21,22). The Hall–Kier alpha value is -2.02. The third-order valence-electron chi connectivity index (χ3n) is 2.83. The van der Waals surface area contributed by atoms with Gasteiger partial charge in [-0.25, -0.2) is 13.2 Å². The van der Waals surface area contributed by atoms with Gasteiger partial charge in [-0.1, -0.05) is 15.9 Å². The van der Waals surface area contributed by atoms with E-state index < -0.39 is 23.4 Å². The van der Waals surface area contributed by atoms with Gasteiger partial charge in [-0.15, -0.1) is 0 Å². The number of hydrogen-bond donors (Lipinski definition) is 2. The van der Waals surface area contributed by atoms with Crippen LogP contribution in [0.2, 0.25) is 0 Å². The summed E-state index contributed by atoms with van der Waals surface area (Å²) < 4.78 is 40.1. The number of halogens is 4. The minimum absolute atomic E-state index is 0.0501. The van der Waals surface area contributed by atoms with E-state index in [1.54, 1.807) is 0 Å². The summed E-state index contributed by atoms with van der Waals surface area (Å²) >= 11 is 3.31. The predicted octanol–water partition coefficient (Wildman–Crippen LogP) is 4.31. The lowest BCUT2D eigenvalue weighted by molar-refractivity contribution is -0.116. The van der Waals surface area contributed by atoms with Crippen molar-refractivity contribution < 1.29 is 18.0 Å². The smallest absolute Gasteiger partial charge is 0.226 e. The molecule has 2 aromatic carbocycles. The van der Waals surface area contributed by atoms with Crippen molar-refractivity contribution in [2.24, 2.45) is 0 Å². The van der Waals surface area contributed by atoms with Crippen molar-refractivity contribution in [3.8, 4) is 0 Å². The maximum Gasteiger partial charge on any atom is 0.226 e. The average molecular weight is 373 g/mol. The maximum absolute atomic E-state index is 13.4. The molecule has 0 radical (unpaired) electrons. The van der Waals surface area contributed by atoms with Gasteiger partial charge in [0.1, 0.15) is 0 Å². The van der Waals surface area contributed by atoms with E-state index in [4.69, 9.17) is 0 Å². The highest BCUT2D eigenvalue weighted by Gasteiger charge is 2.14. The number of rotatable bonds is 5. The van der Waals surface area contributed by atoms with Gasteiger partial charge in [-0.3, -0.25) is 4.79 Å². The first-order valence-corrected chi connectivity index (χ1v) is 7.19. The Morgan fingerprint density at radius 1 is 1.00 bits per heavy atom. The number of benzene rings is 2. The molecule has 0 aliphatic rings. The van der Waals surface area contributed by atoms with Gasteiger partial charge in [0.25, 0.3) is 0 Å². The van der Waals surface area contributed by atoms with Crippen LogP contribution < -0.4 is 10.6 Å². The van der Waals surface area contributed by atoms with Crippen molar-refractivity contribution in [2.45, 2.75) is 6.42 Å². The lowest BCUT2D eigenvalue weighted by atomic mass is 10.2. The summed E-state index contributed by atoms with van der Waals surface area (Å²) in [6.45, 7) is 0.318. The fraction of sp³-hybridized carbons (Fsp3) is 0.133. The summed E-state index contributed by atoms with van der Waals surface area (Å²) in [5.74, 6) is -4.82. The van der Waals surface area contributed by atoms with E-state index in [-0.39, 0.29) is 12.1 Å². The number of carbonyl (C=O) groups is 1. The lowest BCUT2D eigenvalue weighted by Gasteiger charge is -2.09. The van der Waals surface area contributed by atoms with Crippen molar-refractivity contribution in [2.75, 3.05) is 17.2 Å². The van der Waals surface area contributed by atoms with Gasteiger partial charge in [-0.2, -0.15) is 0 Å². The molecule has 0 saturated heterocycles. The number of anilines is 2. The molecule has 2 N–H and O–H groups in total. The molecular formula is C15H12BrF3N2O. The molecule has 3 nitrogen and oxygen atoms in total. The van der Waals surface area contributed by atoms with Crippen LogP contribution in [0.3, 0.4) is 0 Å². The monoisotopic (exact) mass is 372 g/mol. The summed E-state index contributed by atoms with van der Waals surface area (Å²) in [6.07, 6.45) is 0.0501. The van der Waals surface area contributed by atoms with Crippen LogP contribution in [-0.2, 0) is 4.79 Å². The van der Waals surface area contributed by atoms with Gasteiger partial charge in [0.05, 0.1) is 5.69 Å². The summed E-state index contributed by atoms with van der Waals surface area (Å²) in [6, 6.07) is 9.09. The molecule has 0 aliphatic heterocycles. The highest BCUT2D eigenvalue weighted by molar-refractivity contribution is 9.10. The molecule has 0 spiro atoms. The Morgan fingerprint density at radius 2 is 1.68 bits per heavy atom. The van der Waals surface area contributed by atoms with Crippen LogP contribution in [0.15, 0.2) is 40.9 Å². The zero-order valence-corrected chi connectivity index (χ0v) is 12.9. The Bertz CT molecular complexity index is 677. The largest absolute Gasteiger partial charge is 0.385 e. The van der Waals surface area contributed by atoms with Crippen LogP contribution in [0.1, 0.15) is 6.42 Å². The van der Waals surface area contributed by atoms with E-state index >= 15 is 0 Å². The molecule has 0 aromatic heterocycles. The fourth-order valence-electron chi connectivity index (χ4n) is 1.72.